The van der Waals surface area contributed by atoms with E-state index in [-0.39, 0.29) is 6.10 Å². The number of hydrazine groups is 1. The van der Waals surface area contributed by atoms with Crippen LogP contribution in [-0.2, 0) is 12.8 Å². The number of aromatic nitrogens is 1. The van der Waals surface area contributed by atoms with Crippen LogP contribution in [0.4, 0.5) is 0 Å². The molecular weight excluding hydrogens is 326 g/mol. The van der Waals surface area contributed by atoms with E-state index in [4.69, 9.17) is 16.0 Å². The molecule has 0 amide bonds. The van der Waals surface area contributed by atoms with Gasteiger partial charge < -0.3 is 21.3 Å². The molecule has 1 aromatic rings. The van der Waals surface area contributed by atoms with Crippen molar-refractivity contribution >= 4 is 6.72 Å². The molecule has 0 spiro atoms. The summed E-state index contributed by atoms with van der Waals surface area (Å²) < 4.78 is 5.70. The smallest absolute Gasteiger partial charge is 0.138 e. The molecule has 0 aromatic carbocycles. The summed E-state index contributed by atoms with van der Waals surface area (Å²) in [6, 6.07) is 2.09. The molecule has 6 heteroatoms. The first-order chi connectivity index (χ1) is 12.5. The van der Waals surface area contributed by atoms with Gasteiger partial charge >= 0.3 is 0 Å². The summed E-state index contributed by atoms with van der Waals surface area (Å²) in [4.78, 5) is 4.52. The Bertz CT molecular complexity index is 462. The van der Waals surface area contributed by atoms with E-state index in [1.54, 1.807) is 6.20 Å². The molecule has 1 rings (SSSR count). The molecule has 0 radical (unpaired) electrons. The predicted octanol–water partition coefficient (Wildman–Crippen LogP) is 3.99. The van der Waals surface area contributed by atoms with Crippen LogP contribution in [-0.4, -0.2) is 24.9 Å². The highest BCUT2D eigenvalue weighted by Crippen LogP contribution is 2.19. The summed E-state index contributed by atoms with van der Waals surface area (Å²) in [5, 5.41) is 5.50. The lowest BCUT2D eigenvalue weighted by atomic mass is 10.0. The van der Waals surface area contributed by atoms with Gasteiger partial charge in [-0.25, -0.2) is 0 Å². The number of nitrogens with zero attached hydrogens (tertiary/aromatic N) is 1. The Balaban J connectivity index is -0.000000663. The van der Waals surface area contributed by atoms with E-state index in [9.17, 15) is 0 Å². The fraction of sp³-hybridized carbons (Fsp3) is 0.600. The Hall–Kier alpha value is -1.92. The Morgan fingerprint density at radius 3 is 2.23 bits per heavy atom. The summed E-state index contributed by atoms with van der Waals surface area (Å²) in [6.07, 6.45) is 7.98. The van der Waals surface area contributed by atoms with Gasteiger partial charge in [-0.1, -0.05) is 39.7 Å². The quantitative estimate of drug-likeness (QED) is 0.331. The highest BCUT2D eigenvalue weighted by Gasteiger charge is 2.08. The van der Waals surface area contributed by atoms with Crippen LogP contribution in [0.2, 0.25) is 0 Å². The number of allylic oxidation sites excluding steroid dienone is 2. The maximum atomic E-state index is 5.70. The van der Waals surface area contributed by atoms with Gasteiger partial charge in [-0.05, 0) is 52.6 Å². The maximum absolute atomic E-state index is 5.70. The van der Waals surface area contributed by atoms with Gasteiger partial charge in [0.05, 0.1) is 12.3 Å². The first-order valence-corrected chi connectivity index (χ1v) is 9.21. The minimum absolute atomic E-state index is 0.166. The van der Waals surface area contributed by atoms with Crippen molar-refractivity contribution in [1.29, 1.82) is 5.41 Å². The van der Waals surface area contributed by atoms with E-state index in [0.29, 0.717) is 0 Å². The summed E-state index contributed by atoms with van der Waals surface area (Å²) >= 11 is 0. The van der Waals surface area contributed by atoms with E-state index in [2.05, 4.69) is 49.7 Å². The molecule has 0 bridgehead atoms. The van der Waals surface area contributed by atoms with Crippen LogP contribution in [0.3, 0.4) is 0 Å². The molecule has 26 heavy (non-hydrogen) atoms. The number of pyridine rings is 1. The zero-order chi connectivity index (χ0) is 21.0. The van der Waals surface area contributed by atoms with Crippen LogP contribution >= 0.6 is 0 Å². The van der Waals surface area contributed by atoms with Gasteiger partial charge in [-0.3, -0.25) is 10.8 Å². The second-order valence-electron chi connectivity index (χ2n) is 5.54. The molecular formula is C20H41N5O. The molecule has 6 N–H and O–H groups in total. The van der Waals surface area contributed by atoms with Crippen molar-refractivity contribution in [2.75, 3.05) is 7.05 Å². The lowest BCUT2D eigenvalue weighted by Crippen LogP contribution is -2.23. The molecule has 0 saturated heterocycles. The number of nitrogens with one attached hydrogen (secondary N) is 2. The van der Waals surface area contributed by atoms with Crippen molar-refractivity contribution in [2.24, 2.45) is 11.6 Å². The zero-order valence-corrected chi connectivity index (χ0v) is 17.9. The summed E-state index contributed by atoms with van der Waals surface area (Å²) in [6.45, 7) is 14.9. The molecule has 0 unspecified atom stereocenters. The van der Waals surface area contributed by atoms with Crippen LogP contribution in [0, 0.1) is 5.41 Å². The third-order valence-electron chi connectivity index (χ3n) is 2.82. The third-order valence-corrected chi connectivity index (χ3v) is 2.82. The Morgan fingerprint density at radius 1 is 1.31 bits per heavy atom. The van der Waals surface area contributed by atoms with E-state index >= 15 is 0 Å². The van der Waals surface area contributed by atoms with Gasteiger partial charge in [-0.15, -0.1) is 0 Å². The van der Waals surface area contributed by atoms with Crippen molar-refractivity contribution in [1.82, 2.24) is 10.4 Å². The standard InChI is InChI=1S/C15H25N3O.C3H8.CH5N.CH3N/c1-5-7-12-8-14(19-11(3)4)10-17-15(12)9-13(6-2)18-16;1-3-2;2*1-2/h6,8,10-11,18H,5,7,9,16H2,1-4H3;3H2,1-2H3;2H2,1H3;2H,1H2/b13-6-;;;. The normalized spacial score (nSPS) is 9.69. The van der Waals surface area contributed by atoms with Crippen molar-refractivity contribution in [3.63, 3.8) is 0 Å². The summed E-state index contributed by atoms with van der Waals surface area (Å²) in [5.41, 5.74) is 10.5. The average molecular weight is 368 g/mol. The Kier molecular flexibility index (Phi) is 23.5. The molecule has 6 nitrogen and oxygen atoms in total. The largest absolute Gasteiger partial charge is 0.489 e. The molecule has 0 aliphatic carbocycles. The van der Waals surface area contributed by atoms with Gasteiger partial charge in [0.1, 0.15) is 5.75 Å². The highest BCUT2D eigenvalue weighted by molar-refractivity contribution is 5.32. The topological polar surface area (TPSA) is 110 Å². The van der Waals surface area contributed by atoms with Crippen molar-refractivity contribution in [3.05, 3.63) is 35.3 Å². The third kappa shape index (κ3) is 14.4. The van der Waals surface area contributed by atoms with Gasteiger partial charge in [0.2, 0.25) is 0 Å². The molecule has 0 atom stereocenters. The summed E-state index contributed by atoms with van der Waals surface area (Å²) in [5.74, 6) is 6.32. The van der Waals surface area contributed by atoms with Crippen LogP contribution in [0.25, 0.3) is 0 Å². The van der Waals surface area contributed by atoms with E-state index < -0.39 is 0 Å². The minimum Gasteiger partial charge on any atom is -0.489 e. The van der Waals surface area contributed by atoms with Crippen molar-refractivity contribution in [2.45, 2.75) is 73.3 Å². The highest BCUT2D eigenvalue weighted by atomic mass is 16.5. The molecule has 0 saturated carbocycles. The van der Waals surface area contributed by atoms with Gasteiger partial charge in [-0.2, -0.15) is 0 Å². The number of hydrogen-bond acceptors (Lipinski definition) is 6. The SMILES string of the molecule is C/C=C(/Cc1ncc(OC(C)C)cc1CCC)NN.C=N.CCC.CN. The first kappa shape index (κ1) is 28.9. The van der Waals surface area contributed by atoms with E-state index in [1.165, 1.54) is 19.0 Å². The monoisotopic (exact) mass is 367 g/mol. The molecule has 152 valence electrons. The lowest BCUT2D eigenvalue weighted by molar-refractivity contribution is 0.241. The number of nitrogens with two attached hydrogens (primary N) is 2. The maximum Gasteiger partial charge on any atom is 0.138 e. The van der Waals surface area contributed by atoms with Gasteiger partial charge in [0, 0.05) is 17.8 Å². The molecule has 0 aliphatic rings. The predicted molar refractivity (Wildman–Crippen MR) is 115 cm³/mol. The zero-order valence-electron chi connectivity index (χ0n) is 17.9. The number of hydrogen-bond donors (Lipinski definition) is 4. The molecule has 1 heterocycles. The van der Waals surface area contributed by atoms with Crippen LogP contribution in [0.5, 0.6) is 5.75 Å². The van der Waals surface area contributed by atoms with Gasteiger partial charge in [0.15, 0.2) is 0 Å². The summed E-state index contributed by atoms with van der Waals surface area (Å²) in [7, 11) is 1.50. The van der Waals surface area contributed by atoms with Crippen LogP contribution in [0.15, 0.2) is 24.0 Å². The van der Waals surface area contributed by atoms with E-state index in [1.807, 2.05) is 26.8 Å². The van der Waals surface area contributed by atoms with E-state index in [0.717, 1.165) is 36.4 Å². The molecule has 0 fully saturated rings. The minimum atomic E-state index is 0.166. The fourth-order valence-corrected chi connectivity index (χ4v) is 1.92. The number of aryl methyl sites for hydroxylation is 1. The molecule has 1 aromatic heterocycles. The average Bonchev–Trinajstić information content (AvgIpc) is 2.65. The fourth-order valence-electron chi connectivity index (χ4n) is 1.92. The second kappa shape index (κ2) is 21.1. The van der Waals surface area contributed by atoms with Crippen molar-refractivity contribution < 1.29 is 4.74 Å². The molecule has 0 aliphatic heterocycles. The van der Waals surface area contributed by atoms with Crippen LogP contribution < -0.4 is 21.7 Å². The Labute approximate surface area is 160 Å². The Morgan fingerprint density at radius 2 is 1.85 bits per heavy atom. The van der Waals surface area contributed by atoms with Crippen molar-refractivity contribution in [3.8, 4) is 5.75 Å². The van der Waals surface area contributed by atoms with Crippen LogP contribution in [0.1, 0.15) is 65.6 Å². The second-order valence-corrected chi connectivity index (χ2v) is 5.54. The lowest BCUT2D eigenvalue weighted by Gasteiger charge is -2.14. The number of ether oxygens (including phenoxy) is 1. The van der Waals surface area contributed by atoms with Gasteiger partial charge in [0.25, 0.3) is 0 Å². The first-order valence-electron chi connectivity index (χ1n) is 9.21. The number of rotatable bonds is 7.